The summed E-state index contributed by atoms with van der Waals surface area (Å²) in [5, 5.41) is 9.05. The fourth-order valence-corrected chi connectivity index (χ4v) is 12.3. The van der Waals surface area contributed by atoms with E-state index in [0.29, 0.717) is 36.9 Å². The predicted molar refractivity (Wildman–Crippen MR) is 173 cm³/mol. The minimum atomic E-state index is -0.964. The molecule has 0 spiro atoms. The summed E-state index contributed by atoms with van der Waals surface area (Å²) in [5.41, 5.74) is 1.68. The highest BCUT2D eigenvalue weighted by molar-refractivity contribution is 5.84. The van der Waals surface area contributed by atoms with E-state index in [1.807, 2.05) is 0 Å². The smallest absolute Gasteiger partial charge is 0.306 e. The summed E-state index contributed by atoms with van der Waals surface area (Å²) in [4.78, 5) is 40.3. The van der Waals surface area contributed by atoms with Crippen LogP contribution in [0.1, 0.15) is 126 Å². The third kappa shape index (κ3) is 5.03. The van der Waals surface area contributed by atoms with E-state index in [9.17, 15) is 14.4 Å². The summed E-state index contributed by atoms with van der Waals surface area (Å²) in [7, 11) is 0. The van der Waals surface area contributed by atoms with Crippen molar-refractivity contribution >= 4 is 17.8 Å². The average Bonchev–Trinajstić information content (AvgIpc) is 2.98. The largest absolute Gasteiger partial charge is 0.481 e. The quantitative estimate of drug-likeness (QED) is 0.252. The van der Waals surface area contributed by atoms with Crippen molar-refractivity contribution in [2.45, 2.75) is 132 Å². The number of rotatable bonds is 5. The van der Waals surface area contributed by atoms with E-state index in [2.05, 4.69) is 59.4 Å². The molecule has 6 aliphatic rings. The van der Waals surface area contributed by atoms with E-state index >= 15 is 0 Å². The predicted octanol–water partition coefficient (Wildman–Crippen LogP) is 7.42. The van der Waals surface area contributed by atoms with Crippen molar-refractivity contribution < 1.29 is 29.0 Å². The molecule has 7 heteroatoms. The number of hydrogen-bond acceptors (Lipinski definition) is 5. The molecular weight excluding hydrogens is 566 g/mol. The van der Waals surface area contributed by atoms with Crippen molar-refractivity contribution in [3.8, 4) is 0 Å². The fraction of sp³-hybridized carbons (Fsp3) is 0.868. The van der Waals surface area contributed by atoms with Crippen LogP contribution in [0.2, 0.25) is 0 Å². The number of esters is 1. The number of allylic oxidation sites excluding steroid dienone is 2. The molecule has 1 heterocycles. The Morgan fingerprint density at radius 2 is 1.58 bits per heavy atom. The van der Waals surface area contributed by atoms with Crippen LogP contribution < -0.4 is 0 Å². The molecule has 252 valence electrons. The Morgan fingerprint density at radius 1 is 0.889 bits per heavy atom. The first-order valence-electron chi connectivity index (χ1n) is 18.0. The zero-order chi connectivity index (χ0) is 32.6. The van der Waals surface area contributed by atoms with Gasteiger partial charge in [0, 0.05) is 18.5 Å². The minimum Gasteiger partial charge on any atom is -0.481 e. The van der Waals surface area contributed by atoms with Crippen molar-refractivity contribution in [3.63, 3.8) is 0 Å². The van der Waals surface area contributed by atoms with Crippen LogP contribution in [0.3, 0.4) is 0 Å². The zero-order valence-electron chi connectivity index (χ0n) is 29.1. The second kappa shape index (κ2) is 11.1. The van der Waals surface area contributed by atoms with E-state index < -0.39 is 5.97 Å². The van der Waals surface area contributed by atoms with Crippen molar-refractivity contribution in [1.82, 2.24) is 4.90 Å². The highest BCUT2D eigenvalue weighted by Crippen LogP contribution is 2.76. The number of amides is 1. The van der Waals surface area contributed by atoms with Crippen molar-refractivity contribution in [2.24, 2.45) is 50.2 Å². The van der Waals surface area contributed by atoms with Gasteiger partial charge in [-0.15, -0.1) is 0 Å². The van der Waals surface area contributed by atoms with Crippen LogP contribution >= 0.6 is 0 Å². The van der Waals surface area contributed by atoms with E-state index in [-0.39, 0.29) is 57.4 Å². The molecule has 1 amide bonds. The molecule has 5 aliphatic carbocycles. The summed E-state index contributed by atoms with van der Waals surface area (Å²) < 4.78 is 11.7. The summed E-state index contributed by atoms with van der Waals surface area (Å²) in [6.07, 6.45) is 12.6. The standard InChI is InChI=1S/C38H59NO6/c1-33(2)16-18-38(32(43)39-20-22-44-23-21-39)19-17-36(6)25(26(38)24-33)8-9-28-35(5)14-13-29(45-31(42)11-10-30(40)41)34(3,4)27(35)12-15-37(28,36)7/h8,26-29H,9-24H2,1-7H3,(H,40,41)/t26?,27?,28?,29-,35-,36+,37+,38-/m0/s1. The lowest BCUT2D eigenvalue weighted by molar-refractivity contribution is -0.213. The molecule has 6 rings (SSSR count). The number of morpholine rings is 1. The number of aliphatic carboxylic acids is 1. The molecule has 0 radical (unpaired) electrons. The van der Waals surface area contributed by atoms with Gasteiger partial charge in [-0.25, -0.2) is 0 Å². The Morgan fingerprint density at radius 3 is 2.27 bits per heavy atom. The van der Waals surface area contributed by atoms with E-state index in [1.54, 1.807) is 5.57 Å². The van der Waals surface area contributed by atoms with Gasteiger partial charge in [0.1, 0.15) is 6.10 Å². The first kappa shape index (κ1) is 33.0. The fourth-order valence-electron chi connectivity index (χ4n) is 12.3. The number of carboxylic acids is 1. The molecule has 3 unspecified atom stereocenters. The molecule has 1 saturated heterocycles. The van der Waals surface area contributed by atoms with Crippen LogP contribution in [0.5, 0.6) is 0 Å². The molecule has 0 aromatic carbocycles. The van der Waals surface area contributed by atoms with Crippen LogP contribution in [0.25, 0.3) is 0 Å². The maximum absolute atomic E-state index is 14.5. The van der Waals surface area contributed by atoms with E-state index in [1.165, 1.54) is 0 Å². The number of carbonyl (C=O) groups is 3. The van der Waals surface area contributed by atoms with Crippen molar-refractivity contribution in [1.29, 1.82) is 0 Å². The minimum absolute atomic E-state index is 0.0566. The monoisotopic (exact) mass is 625 g/mol. The highest BCUT2D eigenvalue weighted by Gasteiger charge is 2.69. The topological polar surface area (TPSA) is 93.1 Å². The molecule has 0 aromatic heterocycles. The van der Waals surface area contributed by atoms with Crippen LogP contribution in [0.15, 0.2) is 11.6 Å². The van der Waals surface area contributed by atoms with Gasteiger partial charge in [-0.3, -0.25) is 14.4 Å². The van der Waals surface area contributed by atoms with Crippen molar-refractivity contribution in [3.05, 3.63) is 11.6 Å². The summed E-state index contributed by atoms with van der Waals surface area (Å²) in [6.45, 7) is 19.8. The molecule has 1 aliphatic heterocycles. The van der Waals surface area contributed by atoms with Gasteiger partial charge >= 0.3 is 11.9 Å². The van der Waals surface area contributed by atoms with Gasteiger partial charge in [0.05, 0.1) is 31.5 Å². The van der Waals surface area contributed by atoms with Gasteiger partial charge in [0.25, 0.3) is 0 Å². The van der Waals surface area contributed by atoms with Crippen LogP contribution in [-0.2, 0) is 23.9 Å². The van der Waals surface area contributed by atoms with Gasteiger partial charge < -0.3 is 19.5 Å². The molecule has 0 bridgehead atoms. The third-order valence-corrected chi connectivity index (χ3v) is 15.1. The normalized spacial score (nSPS) is 43.4. The van der Waals surface area contributed by atoms with Crippen molar-refractivity contribution in [2.75, 3.05) is 26.3 Å². The number of ether oxygens (including phenoxy) is 2. The maximum Gasteiger partial charge on any atom is 0.306 e. The first-order valence-corrected chi connectivity index (χ1v) is 18.0. The molecule has 4 saturated carbocycles. The molecule has 0 aromatic rings. The average molecular weight is 626 g/mol. The molecule has 8 atom stereocenters. The van der Waals surface area contributed by atoms with E-state index in [4.69, 9.17) is 14.6 Å². The Hall–Kier alpha value is -1.89. The number of carbonyl (C=O) groups excluding carboxylic acids is 2. The molecule has 7 nitrogen and oxygen atoms in total. The second-order valence-electron chi connectivity index (χ2n) is 18.0. The Labute approximate surface area is 271 Å². The Balaban J connectivity index is 1.31. The Kier molecular flexibility index (Phi) is 8.14. The molecule has 1 N–H and O–H groups in total. The zero-order valence-corrected chi connectivity index (χ0v) is 29.1. The van der Waals surface area contributed by atoms with E-state index in [0.717, 1.165) is 77.3 Å². The van der Waals surface area contributed by atoms with Gasteiger partial charge in [-0.1, -0.05) is 60.1 Å². The van der Waals surface area contributed by atoms with Crippen LogP contribution in [0.4, 0.5) is 0 Å². The SMILES string of the molecule is CC1(C)CC[C@]2(C(=O)N3CCOCC3)CC[C@]3(C)C(=CCC4[C@@]5(C)CC[C@H](OC(=O)CCC(=O)O)C(C)(C)C5CC[C@]43C)C2C1. The van der Waals surface area contributed by atoms with Gasteiger partial charge in [0.15, 0.2) is 0 Å². The number of fused-ring (bicyclic) bond motifs is 7. The van der Waals surface area contributed by atoms with Gasteiger partial charge in [0.2, 0.25) is 5.91 Å². The lowest BCUT2D eigenvalue weighted by Crippen LogP contribution is -2.66. The summed E-state index contributed by atoms with van der Waals surface area (Å²) >= 11 is 0. The summed E-state index contributed by atoms with van der Waals surface area (Å²) in [5.74, 6) is 0.303. The lowest BCUT2D eigenvalue weighted by atomic mass is 9.33. The summed E-state index contributed by atoms with van der Waals surface area (Å²) in [6, 6.07) is 0. The lowest BCUT2D eigenvalue weighted by Gasteiger charge is -2.71. The Bertz CT molecular complexity index is 1250. The molecule has 45 heavy (non-hydrogen) atoms. The molecular formula is C38H59NO6. The van der Waals surface area contributed by atoms with Gasteiger partial charge in [-0.05, 0) is 104 Å². The second-order valence-corrected chi connectivity index (χ2v) is 18.0. The number of nitrogens with zero attached hydrogens (tertiary/aromatic N) is 1. The molecule has 5 fully saturated rings. The van der Waals surface area contributed by atoms with Crippen LogP contribution in [-0.4, -0.2) is 60.3 Å². The first-order chi connectivity index (χ1) is 21.0. The number of hydrogen-bond donors (Lipinski definition) is 1. The number of carboxylic acid groups (broad SMARTS) is 1. The van der Waals surface area contributed by atoms with Crippen LogP contribution in [0, 0.1) is 50.2 Å². The van der Waals surface area contributed by atoms with Gasteiger partial charge in [-0.2, -0.15) is 0 Å². The maximum atomic E-state index is 14.5. The third-order valence-electron chi connectivity index (χ3n) is 15.1. The highest BCUT2D eigenvalue weighted by atomic mass is 16.5.